The number of Topliss-reactive ketones (excluding diaryl/α,β-unsaturated/α-hetero) is 4. The first-order chi connectivity index (χ1) is 16.8. The summed E-state index contributed by atoms with van der Waals surface area (Å²) >= 11 is 0. The number of hydrogen-bond donors (Lipinski definition) is 0. The second kappa shape index (κ2) is 14.2. The molecule has 37 heavy (non-hydrogen) atoms. The van der Waals surface area contributed by atoms with Crippen LogP contribution in [0.1, 0.15) is 125 Å². The van der Waals surface area contributed by atoms with Gasteiger partial charge in [0, 0.05) is 34.8 Å². The molecule has 207 valence electrons. The first-order valence-corrected chi connectivity index (χ1v) is 14.1. The number of carbonyl (C=O) groups excluding carboxylic acids is 4. The number of ketones is 4. The van der Waals surface area contributed by atoms with E-state index in [1.54, 1.807) is 0 Å². The van der Waals surface area contributed by atoms with Gasteiger partial charge in [-0.15, -0.1) is 0 Å². The molecule has 4 atom stereocenters. The van der Waals surface area contributed by atoms with Crippen LogP contribution in [0.5, 0.6) is 0 Å². The molecule has 0 aromatic carbocycles. The molecule has 2 rings (SSSR count). The molecule has 0 aromatic heterocycles. The summed E-state index contributed by atoms with van der Waals surface area (Å²) < 4.78 is 0. The van der Waals surface area contributed by atoms with Crippen LogP contribution in [0.25, 0.3) is 0 Å². The zero-order valence-corrected chi connectivity index (χ0v) is 25.4. The van der Waals surface area contributed by atoms with Gasteiger partial charge < -0.3 is 11.7 Å². The Morgan fingerprint density at radius 3 is 1.41 bits per heavy atom. The molecule has 0 N–H and O–H groups in total. The van der Waals surface area contributed by atoms with Crippen molar-refractivity contribution in [3.8, 4) is 0 Å². The smallest absolute Gasteiger partial charge is 0.146 e. The van der Waals surface area contributed by atoms with E-state index in [1.807, 2.05) is 34.6 Å². The summed E-state index contributed by atoms with van der Waals surface area (Å²) in [5.41, 5.74) is -2.40. The number of rotatable bonds is 5. The molecule has 0 spiro atoms. The number of hydrogen-bond acceptors (Lipinski definition) is 4. The van der Waals surface area contributed by atoms with Crippen LogP contribution in [-0.4, -0.2) is 23.1 Å². The van der Waals surface area contributed by atoms with Crippen molar-refractivity contribution >= 4 is 23.1 Å². The summed E-state index contributed by atoms with van der Waals surface area (Å²) in [5, 5.41) is 0. The standard InChI is InChI=1S/C32H49O4.V/c1-7-30(4)18-13-10-11-15-20-32(6,28(36)24-26(30)34)22-16-21-31(5)19-14-9-8-12-17-29(2,3)25(33)23-27(31)35;/h8-11H,2,7,12-24H2,1,3-6H3;/q-1;/b9-8-,11-10-;. The van der Waals surface area contributed by atoms with Crippen molar-refractivity contribution in [2.45, 2.75) is 125 Å². The van der Waals surface area contributed by atoms with Crippen LogP contribution in [0, 0.1) is 28.6 Å². The fourth-order valence-corrected chi connectivity index (χ4v) is 5.55. The van der Waals surface area contributed by atoms with Crippen LogP contribution >= 0.6 is 0 Å². The molecule has 0 saturated carbocycles. The van der Waals surface area contributed by atoms with Gasteiger partial charge in [0.2, 0.25) is 0 Å². The maximum absolute atomic E-state index is 13.5. The topological polar surface area (TPSA) is 68.3 Å². The van der Waals surface area contributed by atoms with Gasteiger partial charge in [-0.1, -0.05) is 77.2 Å². The van der Waals surface area contributed by atoms with Crippen LogP contribution in [0.2, 0.25) is 0 Å². The Hall–Kier alpha value is -1.26. The van der Waals surface area contributed by atoms with E-state index in [0.717, 1.165) is 38.5 Å². The number of carbonyl (C=O) groups is 4. The molecule has 5 heteroatoms. The van der Waals surface area contributed by atoms with Crippen LogP contribution in [0.3, 0.4) is 0 Å². The van der Waals surface area contributed by atoms with E-state index in [1.165, 1.54) is 0 Å². The third kappa shape index (κ3) is 9.17. The molecule has 0 bridgehead atoms. The second-order valence-corrected chi connectivity index (χ2v) is 12.6. The van der Waals surface area contributed by atoms with Crippen molar-refractivity contribution in [2.24, 2.45) is 21.7 Å². The van der Waals surface area contributed by atoms with Crippen molar-refractivity contribution in [3.63, 3.8) is 0 Å². The Bertz CT molecular complexity index is 885. The van der Waals surface area contributed by atoms with Crippen molar-refractivity contribution in [3.05, 3.63) is 31.2 Å². The van der Waals surface area contributed by atoms with Gasteiger partial charge in [0.25, 0.3) is 0 Å². The molecule has 0 aliphatic heterocycles. The van der Waals surface area contributed by atoms with Crippen molar-refractivity contribution in [1.29, 1.82) is 0 Å². The van der Waals surface area contributed by atoms with E-state index in [0.29, 0.717) is 38.5 Å². The van der Waals surface area contributed by atoms with Gasteiger partial charge in [-0.25, -0.2) is 0 Å². The minimum atomic E-state index is -0.743. The third-order valence-electron chi connectivity index (χ3n) is 9.36. The molecule has 0 heterocycles. The maximum atomic E-state index is 13.5. The van der Waals surface area contributed by atoms with Gasteiger partial charge in [0.15, 0.2) is 0 Å². The van der Waals surface area contributed by atoms with Gasteiger partial charge in [-0.05, 0) is 64.2 Å². The van der Waals surface area contributed by atoms with Crippen molar-refractivity contribution in [2.75, 3.05) is 0 Å². The van der Waals surface area contributed by atoms with E-state index in [9.17, 15) is 19.2 Å². The first kappa shape index (κ1) is 33.8. The van der Waals surface area contributed by atoms with E-state index in [4.69, 9.17) is 0 Å². The van der Waals surface area contributed by atoms with E-state index < -0.39 is 21.7 Å². The van der Waals surface area contributed by atoms with Crippen LogP contribution < -0.4 is 0 Å². The molecule has 2 aliphatic rings. The fourth-order valence-electron chi connectivity index (χ4n) is 5.55. The van der Waals surface area contributed by atoms with E-state index in [-0.39, 0.29) is 54.5 Å². The Kier molecular flexibility index (Phi) is 13.0. The van der Waals surface area contributed by atoms with Gasteiger partial charge >= 0.3 is 0 Å². The largest absolute Gasteiger partial charge is 0.330 e. The molecule has 4 nitrogen and oxygen atoms in total. The summed E-state index contributed by atoms with van der Waals surface area (Å²) in [6.07, 6.45) is 17.3. The van der Waals surface area contributed by atoms with Gasteiger partial charge in [0.1, 0.15) is 23.1 Å². The molecule has 0 saturated heterocycles. The summed E-state index contributed by atoms with van der Waals surface area (Å²) in [6.45, 7) is 13.9. The Morgan fingerprint density at radius 2 is 0.973 bits per heavy atom. The maximum Gasteiger partial charge on any atom is 0.146 e. The summed E-state index contributed by atoms with van der Waals surface area (Å²) in [7, 11) is 0. The molecule has 4 unspecified atom stereocenters. The SMILES string of the molecule is [CH2-]C1(C)CC/C=C\CCC(C)(CCCC2(C)CC/C=C\CCC(C)(CC)C(=O)CC2=O)C(=O)CC1=O.[V]. The molecular weight excluding hydrogens is 499 g/mol. The summed E-state index contributed by atoms with van der Waals surface area (Å²) in [4.78, 5) is 52.8. The molecule has 0 amide bonds. The molecule has 0 fully saturated rings. The second-order valence-electron chi connectivity index (χ2n) is 12.6. The minimum Gasteiger partial charge on any atom is -0.330 e. The number of allylic oxidation sites excluding steroid dienone is 4. The van der Waals surface area contributed by atoms with E-state index >= 15 is 0 Å². The fraction of sp³-hybridized carbons (Fsp3) is 0.719. The first-order valence-electron chi connectivity index (χ1n) is 14.1. The summed E-state index contributed by atoms with van der Waals surface area (Å²) in [6, 6.07) is 0. The van der Waals surface area contributed by atoms with E-state index in [2.05, 4.69) is 31.2 Å². The van der Waals surface area contributed by atoms with Gasteiger partial charge in [-0.2, -0.15) is 0 Å². The van der Waals surface area contributed by atoms with Crippen molar-refractivity contribution < 1.29 is 37.7 Å². The van der Waals surface area contributed by atoms with Crippen LogP contribution in [-0.2, 0) is 37.7 Å². The normalized spacial score (nSPS) is 36.6. The molecular formula is C32H49O4V-. The predicted molar refractivity (Wildman–Crippen MR) is 146 cm³/mol. The van der Waals surface area contributed by atoms with Gasteiger partial charge in [-0.3, -0.25) is 14.4 Å². The monoisotopic (exact) mass is 548 g/mol. The zero-order valence-electron chi connectivity index (χ0n) is 24.0. The van der Waals surface area contributed by atoms with Crippen molar-refractivity contribution in [1.82, 2.24) is 0 Å². The van der Waals surface area contributed by atoms with Crippen LogP contribution in [0.15, 0.2) is 24.3 Å². The Labute approximate surface area is 237 Å². The molecule has 2 aliphatic carbocycles. The average Bonchev–Trinajstić information content (AvgIpc) is 2.84. The Balaban J connectivity index is 0.00000684. The Morgan fingerprint density at radius 1 is 0.622 bits per heavy atom. The molecule has 1 radical (unpaired) electrons. The average molecular weight is 549 g/mol. The molecule has 0 aromatic rings. The third-order valence-corrected chi connectivity index (χ3v) is 9.36. The zero-order chi connectivity index (χ0) is 27.0. The quantitative estimate of drug-likeness (QED) is 0.200. The predicted octanol–water partition coefficient (Wildman–Crippen LogP) is 7.74. The summed E-state index contributed by atoms with van der Waals surface area (Å²) in [5.74, 6) is 0.00757. The van der Waals surface area contributed by atoms with Crippen LogP contribution in [0.4, 0.5) is 0 Å². The van der Waals surface area contributed by atoms with Gasteiger partial charge in [0.05, 0.1) is 12.8 Å². The minimum absolute atomic E-state index is 0.